The third kappa shape index (κ3) is 6.87. The average molecular weight is 405 g/mol. The molecule has 2 heterocycles. The Morgan fingerprint density at radius 3 is 2.69 bits per heavy atom. The summed E-state index contributed by atoms with van der Waals surface area (Å²) in [7, 11) is 1.70. The van der Waals surface area contributed by atoms with E-state index in [-0.39, 0.29) is 0 Å². The molecular formula is C22H36N4O3. The van der Waals surface area contributed by atoms with Crippen molar-refractivity contribution in [3.63, 3.8) is 0 Å². The molecular weight excluding hydrogens is 368 g/mol. The van der Waals surface area contributed by atoms with Crippen molar-refractivity contribution < 1.29 is 14.2 Å². The largest absolute Gasteiger partial charge is 0.382 e. The number of rotatable bonds is 9. The molecule has 162 valence electrons. The molecule has 1 aromatic carbocycles. The van der Waals surface area contributed by atoms with Gasteiger partial charge in [0.2, 0.25) is 0 Å². The minimum Gasteiger partial charge on any atom is -0.382 e. The number of anilines is 1. The normalized spacial score (nSPS) is 20.3. The number of ether oxygens (including phenoxy) is 3. The summed E-state index contributed by atoms with van der Waals surface area (Å²) in [5.41, 5.74) is 2.50. The van der Waals surface area contributed by atoms with Gasteiger partial charge in [-0.15, -0.1) is 0 Å². The molecule has 2 saturated heterocycles. The van der Waals surface area contributed by atoms with Gasteiger partial charge in [-0.1, -0.05) is 12.1 Å². The highest BCUT2D eigenvalue weighted by atomic mass is 16.5. The molecule has 0 aliphatic carbocycles. The lowest BCUT2D eigenvalue weighted by Gasteiger charge is -2.28. The molecule has 0 saturated carbocycles. The second-order valence-corrected chi connectivity index (χ2v) is 7.60. The van der Waals surface area contributed by atoms with E-state index in [1.807, 2.05) is 0 Å². The van der Waals surface area contributed by atoms with Crippen LogP contribution in [-0.4, -0.2) is 83.7 Å². The Morgan fingerprint density at radius 2 is 1.97 bits per heavy atom. The zero-order valence-corrected chi connectivity index (χ0v) is 17.9. The summed E-state index contributed by atoms with van der Waals surface area (Å²) in [5.74, 6) is 1.56. The molecule has 2 fully saturated rings. The first-order valence-electron chi connectivity index (χ1n) is 10.8. The Morgan fingerprint density at radius 1 is 1.17 bits per heavy atom. The van der Waals surface area contributed by atoms with E-state index >= 15 is 0 Å². The summed E-state index contributed by atoms with van der Waals surface area (Å²) >= 11 is 0. The van der Waals surface area contributed by atoms with E-state index in [2.05, 4.69) is 46.3 Å². The monoisotopic (exact) mass is 404 g/mol. The van der Waals surface area contributed by atoms with E-state index in [9.17, 15) is 0 Å². The Kier molecular flexibility index (Phi) is 9.05. The van der Waals surface area contributed by atoms with E-state index in [1.54, 1.807) is 7.11 Å². The van der Waals surface area contributed by atoms with Crippen LogP contribution in [-0.2, 0) is 20.8 Å². The summed E-state index contributed by atoms with van der Waals surface area (Å²) in [5, 5.41) is 3.45. The number of methoxy groups -OCH3 is 1. The second-order valence-electron chi connectivity index (χ2n) is 7.60. The highest BCUT2D eigenvalue weighted by Gasteiger charge is 2.25. The molecule has 7 nitrogen and oxygen atoms in total. The fourth-order valence-corrected chi connectivity index (χ4v) is 3.78. The molecule has 0 radical (unpaired) electrons. The standard InChI is InChI=1S/C22H36N4O3/c1-3-23-22(26-9-8-20(17-26)18-29-15-14-27-2)24-16-19-4-6-21(7-5-19)25-10-12-28-13-11-25/h4-7,20H,3,8-18H2,1-2H3,(H,23,24). The summed E-state index contributed by atoms with van der Waals surface area (Å²) in [6, 6.07) is 8.78. The maximum atomic E-state index is 5.71. The third-order valence-electron chi connectivity index (χ3n) is 5.43. The van der Waals surface area contributed by atoms with Gasteiger partial charge in [0.25, 0.3) is 0 Å². The van der Waals surface area contributed by atoms with Crippen LogP contribution in [0, 0.1) is 5.92 Å². The molecule has 0 spiro atoms. The Hall–Kier alpha value is -1.83. The van der Waals surface area contributed by atoms with Crippen molar-refractivity contribution in [1.82, 2.24) is 10.2 Å². The fraction of sp³-hybridized carbons (Fsp3) is 0.682. The van der Waals surface area contributed by atoms with Crippen LogP contribution < -0.4 is 10.2 Å². The van der Waals surface area contributed by atoms with Crippen molar-refractivity contribution in [2.24, 2.45) is 10.9 Å². The summed E-state index contributed by atoms with van der Waals surface area (Å²) in [6.45, 7) is 11.4. The molecule has 7 heteroatoms. The predicted octanol–water partition coefficient (Wildman–Crippen LogP) is 1.97. The minimum atomic E-state index is 0.559. The van der Waals surface area contributed by atoms with Crippen LogP contribution in [0.25, 0.3) is 0 Å². The Balaban J connectivity index is 1.51. The number of morpholine rings is 1. The molecule has 2 aliphatic rings. The van der Waals surface area contributed by atoms with Crippen LogP contribution >= 0.6 is 0 Å². The van der Waals surface area contributed by atoms with Crippen LogP contribution in [0.15, 0.2) is 29.3 Å². The molecule has 0 bridgehead atoms. The summed E-state index contributed by atoms with van der Waals surface area (Å²) in [6.07, 6.45) is 1.14. The van der Waals surface area contributed by atoms with Crippen LogP contribution in [0.4, 0.5) is 5.69 Å². The van der Waals surface area contributed by atoms with Crippen molar-refractivity contribution in [1.29, 1.82) is 0 Å². The zero-order chi connectivity index (χ0) is 20.3. The topological polar surface area (TPSA) is 58.6 Å². The minimum absolute atomic E-state index is 0.559. The quantitative estimate of drug-likeness (QED) is 0.386. The van der Waals surface area contributed by atoms with Gasteiger partial charge in [-0.2, -0.15) is 0 Å². The van der Waals surface area contributed by atoms with E-state index < -0.39 is 0 Å². The smallest absolute Gasteiger partial charge is 0.194 e. The van der Waals surface area contributed by atoms with Gasteiger partial charge in [0.1, 0.15) is 0 Å². The third-order valence-corrected chi connectivity index (χ3v) is 5.43. The molecule has 1 N–H and O–H groups in total. The first-order valence-corrected chi connectivity index (χ1v) is 10.8. The van der Waals surface area contributed by atoms with Gasteiger partial charge in [0.15, 0.2) is 5.96 Å². The molecule has 1 atom stereocenters. The lowest BCUT2D eigenvalue weighted by atomic mass is 10.1. The second kappa shape index (κ2) is 12.0. The fourth-order valence-electron chi connectivity index (χ4n) is 3.78. The highest BCUT2D eigenvalue weighted by Crippen LogP contribution is 2.19. The van der Waals surface area contributed by atoms with Crippen LogP contribution in [0.3, 0.4) is 0 Å². The number of hydrogen-bond donors (Lipinski definition) is 1. The molecule has 2 aliphatic heterocycles. The molecule has 0 aromatic heterocycles. The van der Waals surface area contributed by atoms with Gasteiger partial charge in [0.05, 0.1) is 39.6 Å². The number of hydrogen-bond acceptors (Lipinski definition) is 5. The number of nitrogens with one attached hydrogen (secondary N) is 1. The van der Waals surface area contributed by atoms with Gasteiger partial charge in [-0.3, -0.25) is 0 Å². The van der Waals surface area contributed by atoms with Crippen LogP contribution in [0.2, 0.25) is 0 Å². The lowest BCUT2D eigenvalue weighted by molar-refractivity contribution is 0.0536. The first kappa shape index (κ1) is 21.9. The van der Waals surface area contributed by atoms with Gasteiger partial charge in [-0.05, 0) is 31.0 Å². The molecule has 1 aromatic rings. The molecule has 3 rings (SSSR count). The van der Waals surface area contributed by atoms with Gasteiger partial charge in [0, 0.05) is 51.4 Å². The van der Waals surface area contributed by atoms with Crippen molar-refractivity contribution in [3.05, 3.63) is 29.8 Å². The van der Waals surface area contributed by atoms with Crippen molar-refractivity contribution in [2.75, 3.05) is 77.8 Å². The number of guanidine groups is 1. The van der Waals surface area contributed by atoms with E-state index in [0.717, 1.165) is 64.9 Å². The SMILES string of the molecule is CCNC(=NCc1ccc(N2CCOCC2)cc1)N1CCC(COCCOC)C1. The molecule has 29 heavy (non-hydrogen) atoms. The van der Waals surface area contributed by atoms with Crippen LogP contribution in [0.5, 0.6) is 0 Å². The molecule has 1 unspecified atom stereocenters. The maximum absolute atomic E-state index is 5.71. The highest BCUT2D eigenvalue weighted by molar-refractivity contribution is 5.80. The Bertz CT molecular complexity index is 617. The average Bonchev–Trinajstić information content (AvgIpc) is 3.24. The van der Waals surface area contributed by atoms with Crippen molar-refractivity contribution >= 4 is 11.6 Å². The van der Waals surface area contributed by atoms with Gasteiger partial charge in [-0.25, -0.2) is 4.99 Å². The first-order chi connectivity index (χ1) is 14.3. The number of likely N-dealkylation sites (tertiary alicyclic amines) is 1. The number of nitrogens with zero attached hydrogens (tertiary/aromatic N) is 3. The van der Waals surface area contributed by atoms with E-state index in [1.165, 1.54) is 11.3 Å². The number of aliphatic imine (C=N–C) groups is 1. The van der Waals surface area contributed by atoms with Crippen molar-refractivity contribution in [3.8, 4) is 0 Å². The maximum Gasteiger partial charge on any atom is 0.194 e. The van der Waals surface area contributed by atoms with E-state index in [0.29, 0.717) is 25.7 Å². The number of benzene rings is 1. The summed E-state index contributed by atoms with van der Waals surface area (Å²) in [4.78, 5) is 9.62. The van der Waals surface area contributed by atoms with Crippen LogP contribution in [0.1, 0.15) is 18.9 Å². The molecule has 0 amide bonds. The predicted molar refractivity (Wildman–Crippen MR) is 117 cm³/mol. The van der Waals surface area contributed by atoms with Gasteiger partial charge >= 0.3 is 0 Å². The van der Waals surface area contributed by atoms with Gasteiger partial charge < -0.3 is 29.3 Å². The lowest BCUT2D eigenvalue weighted by Crippen LogP contribution is -2.40. The van der Waals surface area contributed by atoms with E-state index in [4.69, 9.17) is 19.2 Å². The summed E-state index contributed by atoms with van der Waals surface area (Å²) < 4.78 is 16.2. The van der Waals surface area contributed by atoms with Crippen molar-refractivity contribution in [2.45, 2.75) is 19.9 Å². The zero-order valence-electron chi connectivity index (χ0n) is 17.9. The Labute approximate surface area is 175 Å².